The predicted octanol–water partition coefficient (Wildman–Crippen LogP) is 2.33. The third-order valence-electron chi connectivity index (χ3n) is 5.08. The minimum Gasteiger partial charge on any atom is -0.493 e. The predicted molar refractivity (Wildman–Crippen MR) is 106 cm³/mol. The average molecular weight is 376 g/mol. The number of nitrogens with one attached hydrogen (secondary N) is 1. The number of amides is 2. The van der Waals surface area contributed by atoms with E-state index in [9.17, 15) is 9.59 Å². The number of carbonyl (C=O) groups excluding carboxylic acids is 2. The number of likely N-dealkylation sites (tertiary alicyclic amines) is 1. The number of ether oxygens (including phenoxy) is 1. The van der Waals surface area contributed by atoms with Gasteiger partial charge in [-0.25, -0.2) is 0 Å². The van der Waals surface area contributed by atoms with E-state index in [4.69, 9.17) is 10.5 Å². The van der Waals surface area contributed by atoms with Gasteiger partial charge in [-0.3, -0.25) is 9.59 Å². The van der Waals surface area contributed by atoms with E-state index in [1.807, 2.05) is 35.2 Å². The largest absolute Gasteiger partial charge is 0.493 e. The van der Waals surface area contributed by atoms with Crippen LogP contribution < -0.4 is 15.8 Å². The lowest BCUT2D eigenvalue weighted by Gasteiger charge is -2.32. The monoisotopic (exact) mass is 375 g/mol. The molecule has 1 fully saturated rings. The van der Waals surface area contributed by atoms with E-state index in [0.29, 0.717) is 45.5 Å². The molecule has 1 aliphatic heterocycles. The van der Waals surface area contributed by atoms with Gasteiger partial charge in [0.15, 0.2) is 0 Å². The highest BCUT2D eigenvalue weighted by Gasteiger charge is 2.28. The van der Waals surface area contributed by atoms with Crippen molar-refractivity contribution in [2.24, 2.45) is 11.7 Å². The van der Waals surface area contributed by atoms with Crippen LogP contribution in [0.15, 0.2) is 30.3 Å². The minimum absolute atomic E-state index is 0.0229. The van der Waals surface area contributed by atoms with Crippen molar-refractivity contribution in [2.45, 2.75) is 51.5 Å². The molecule has 0 saturated carbocycles. The fourth-order valence-electron chi connectivity index (χ4n) is 3.34. The standard InChI is InChI=1S/C21H33N3O3/c1-2-3-7-18(16-22)23-21(26)17-10-13-24(14-11-17)20(25)12-15-27-19-8-5-4-6-9-19/h4-6,8-9,17-18H,2-3,7,10-16,22H2,1H3,(H,23,26). The zero-order chi connectivity index (χ0) is 19.5. The highest BCUT2D eigenvalue weighted by molar-refractivity contribution is 5.80. The fourth-order valence-corrected chi connectivity index (χ4v) is 3.34. The quantitative estimate of drug-likeness (QED) is 0.657. The van der Waals surface area contributed by atoms with E-state index in [1.165, 1.54) is 0 Å². The lowest BCUT2D eigenvalue weighted by Crippen LogP contribution is -2.47. The molecule has 3 N–H and O–H groups in total. The van der Waals surface area contributed by atoms with Crippen LogP contribution in [0.4, 0.5) is 0 Å². The number of nitrogens with two attached hydrogens (primary N) is 1. The van der Waals surface area contributed by atoms with Crippen LogP contribution in [0, 0.1) is 5.92 Å². The first-order valence-electron chi connectivity index (χ1n) is 10.1. The van der Waals surface area contributed by atoms with Crippen molar-refractivity contribution in [3.8, 4) is 5.75 Å². The van der Waals surface area contributed by atoms with E-state index in [0.717, 1.165) is 25.0 Å². The summed E-state index contributed by atoms with van der Waals surface area (Å²) in [5.41, 5.74) is 5.76. The Morgan fingerprint density at radius 1 is 1.26 bits per heavy atom. The van der Waals surface area contributed by atoms with Gasteiger partial charge in [-0.2, -0.15) is 0 Å². The molecule has 27 heavy (non-hydrogen) atoms. The summed E-state index contributed by atoms with van der Waals surface area (Å²) in [7, 11) is 0. The van der Waals surface area contributed by atoms with Crippen molar-refractivity contribution < 1.29 is 14.3 Å². The van der Waals surface area contributed by atoms with Gasteiger partial charge >= 0.3 is 0 Å². The smallest absolute Gasteiger partial charge is 0.225 e. The van der Waals surface area contributed by atoms with Crippen LogP contribution in [0.5, 0.6) is 5.75 Å². The number of benzene rings is 1. The van der Waals surface area contributed by atoms with Gasteiger partial charge in [0.1, 0.15) is 5.75 Å². The molecule has 1 heterocycles. The zero-order valence-electron chi connectivity index (χ0n) is 16.4. The molecule has 1 unspecified atom stereocenters. The number of hydrogen-bond donors (Lipinski definition) is 2. The van der Waals surface area contributed by atoms with Crippen LogP contribution in [-0.2, 0) is 9.59 Å². The molecule has 2 amide bonds. The number of piperidine rings is 1. The van der Waals surface area contributed by atoms with Crippen molar-refractivity contribution >= 4 is 11.8 Å². The second-order valence-corrected chi connectivity index (χ2v) is 7.15. The molecule has 2 rings (SSSR count). The van der Waals surface area contributed by atoms with Gasteiger partial charge in [0, 0.05) is 31.6 Å². The molecular formula is C21H33N3O3. The number of para-hydroxylation sites is 1. The van der Waals surface area contributed by atoms with Gasteiger partial charge < -0.3 is 20.7 Å². The Bertz CT molecular complexity index is 571. The summed E-state index contributed by atoms with van der Waals surface area (Å²) in [6.45, 7) is 4.24. The molecule has 150 valence electrons. The van der Waals surface area contributed by atoms with Crippen LogP contribution in [0.25, 0.3) is 0 Å². The van der Waals surface area contributed by atoms with Gasteiger partial charge in [0.05, 0.1) is 13.0 Å². The third-order valence-corrected chi connectivity index (χ3v) is 5.08. The molecule has 0 spiro atoms. The van der Waals surface area contributed by atoms with Crippen molar-refractivity contribution in [1.82, 2.24) is 10.2 Å². The summed E-state index contributed by atoms with van der Waals surface area (Å²) in [4.78, 5) is 26.6. The summed E-state index contributed by atoms with van der Waals surface area (Å²) in [6, 6.07) is 9.56. The first kappa shape index (κ1) is 21.2. The Morgan fingerprint density at radius 3 is 2.59 bits per heavy atom. The molecule has 1 atom stereocenters. The van der Waals surface area contributed by atoms with Crippen molar-refractivity contribution in [2.75, 3.05) is 26.2 Å². The maximum atomic E-state index is 12.4. The lowest BCUT2D eigenvalue weighted by molar-refractivity contribution is -0.136. The highest BCUT2D eigenvalue weighted by Crippen LogP contribution is 2.19. The van der Waals surface area contributed by atoms with E-state index >= 15 is 0 Å². The molecule has 0 radical (unpaired) electrons. The first-order valence-corrected chi connectivity index (χ1v) is 10.1. The number of rotatable bonds is 10. The van der Waals surface area contributed by atoms with Gasteiger partial charge in [0.25, 0.3) is 0 Å². The van der Waals surface area contributed by atoms with E-state index in [2.05, 4.69) is 12.2 Å². The van der Waals surface area contributed by atoms with E-state index in [1.54, 1.807) is 0 Å². The van der Waals surface area contributed by atoms with Crippen molar-refractivity contribution in [3.05, 3.63) is 30.3 Å². The van der Waals surface area contributed by atoms with Crippen LogP contribution in [-0.4, -0.2) is 49.0 Å². The average Bonchev–Trinajstić information content (AvgIpc) is 2.71. The Kier molecular flexibility index (Phi) is 9.11. The molecule has 0 aromatic heterocycles. The van der Waals surface area contributed by atoms with Crippen LogP contribution in [0.3, 0.4) is 0 Å². The lowest BCUT2D eigenvalue weighted by atomic mass is 9.95. The molecule has 6 heteroatoms. The molecule has 0 aliphatic carbocycles. The SMILES string of the molecule is CCCCC(CN)NC(=O)C1CCN(C(=O)CCOc2ccccc2)CC1. The van der Waals surface area contributed by atoms with Gasteiger partial charge in [-0.1, -0.05) is 38.0 Å². The van der Waals surface area contributed by atoms with E-state index in [-0.39, 0.29) is 23.8 Å². The second-order valence-electron chi connectivity index (χ2n) is 7.15. The summed E-state index contributed by atoms with van der Waals surface area (Å²) >= 11 is 0. The third kappa shape index (κ3) is 7.21. The fraction of sp³-hybridized carbons (Fsp3) is 0.619. The number of hydrogen-bond acceptors (Lipinski definition) is 4. The van der Waals surface area contributed by atoms with Gasteiger partial charge in [-0.15, -0.1) is 0 Å². The summed E-state index contributed by atoms with van der Waals surface area (Å²) in [6.07, 6.45) is 4.88. The number of unbranched alkanes of at least 4 members (excludes halogenated alkanes) is 1. The molecular weight excluding hydrogens is 342 g/mol. The molecule has 0 bridgehead atoms. The molecule has 1 aromatic rings. The zero-order valence-corrected chi connectivity index (χ0v) is 16.4. The molecule has 1 aliphatic rings. The molecule has 1 saturated heterocycles. The Balaban J connectivity index is 1.67. The van der Waals surface area contributed by atoms with Crippen molar-refractivity contribution in [3.63, 3.8) is 0 Å². The Hall–Kier alpha value is -2.08. The summed E-state index contributed by atoms with van der Waals surface area (Å²) < 4.78 is 5.59. The summed E-state index contributed by atoms with van der Waals surface area (Å²) in [5, 5.41) is 3.08. The second kappa shape index (κ2) is 11.6. The van der Waals surface area contributed by atoms with Crippen molar-refractivity contribution in [1.29, 1.82) is 0 Å². The van der Waals surface area contributed by atoms with E-state index < -0.39 is 0 Å². The maximum absolute atomic E-state index is 12.4. The van der Waals surface area contributed by atoms with Crippen LogP contribution >= 0.6 is 0 Å². The van der Waals surface area contributed by atoms with Crippen LogP contribution in [0.1, 0.15) is 45.4 Å². The topological polar surface area (TPSA) is 84.7 Å². The molecule has 6 nitrogen and oxygen atoms in total. The Labute approximate surface area is 162 Å². The maximum Gasteiger partial charge on any atom is 0.225 e. The normalized spacial score (nSPS) is 16.0. The first-order chi connectivity index (χ1) is 13.1. The highest BCUT2D eigenvalue weighted by atomic mass is 16.5. The number of carbonyl (C=O) groups is 2. The minimum atomic E-state index is -0.0229. The van der Waals surface area contributed by atoms with Gasteiger partial charge in [-0.05, 0) is 31.4 Å². The molecule has 1 aromatic carbocycles. The van der Waals surface area contributed by atoms with Crippen LogP contribution in [0.2, 0.25) is 0 Å². The summed E-state index contributed by atoms with van der Waals surface area (Å²) in [5.74, 6) is 0.928. The van der Waals surface area contributed by atoms with Gasteiger partial charge in [0.2, 0.25) is 11.8 Å². The Morgan fingerprint density at radius 2 is 1.96 bits per heavy atom. The number of nitrogens with zero attached hydrogens (tertiary/aromatic N) is 1.